The molecule has 0 bridgehead atoms. The van der Waals surface area contributed by atoms with Gasteiger partial charge in [0.15, 0.2) is 0 Å². The number of anilines is 2. The van der Waals surface area contributed by atoms with Gasteiger partial charge in [0.05, 0.1) is 11.4 Å². The molecule has 0 spiro atoms. The number of rotatable bonds is 7. The van der Waals surface area contributed by atoms with Crippen LogP contribution < -0.4 is 15.5 Å². The molecule has 0 aromatic heterocycles. The summed E-state index contributed by atoms with van der Waals surface area (Å²) in [5.74, 6) is 0.0435. The fraction of sp³-hybridized carbons (Fsp3) is 0.533. The summed E-state index contributed by atoms with van der Waals surface area (Å²) in [7, 11) is 3.99. The van der Waals surface area contributed by atoms with Crippen LogP contribution in [0.3, 0.4) is 0 Å². The number of carbonyl (C=O) groups excluding carboxylic acids is 1. The van der Waals surface area contributed by atoms with Gasteiger partial charge in [-0.15, -0.1) is 0 Å². The van der Waals surface area contributed by atoms with Crippen LogP contribution >= 0.6 is 0 Å². The molecule has 2 N–H and O–H groups in total. The van der Waals surface area contributed by atoms with E-state index in [1.807, 2.05) is 50.2 Å². The third kappa shape index (κ3) is 4.81. The van der Waals surface area contributed by atoms with Crippen molar-refractivity contribution >= 4 is 17.3 Å². The molecule has 0 aliphatic rings. The molecule has 106 valence electrons. The van der Waals surface area contributed by atoms with Crippen LogP contribution in [0.2, 0.25) is 0 Å². The molecule has 1 aromatic rings. The number of nitrogens with zero attached hydrogens (tertiary/aromatic N) is 1. The van der Waals surface area contributed by atoms with Crippen LogP contribution in [0.5, 0.6) is 0 Å². The van der Waals surface area contributed by atoms with E-state index in [4.69, 9.17) is 0 Å². The van der Waals surface area contributed by atoms with E-state index < -0.39 is 0 Å². The number of hydrogen-bond acceptors (Lipinski definition) is 3. The van der Waals surface area contributed by atoms with E-state index in [0.717, 1.165) is 30.8 Å². The van der Waals surface area contributed by atoms with Crippen molar-refractivity contribution in [2.45, 2.75) is 32.7 Å². The van der Waals surface area contributed by atoms with Gasteiger partial charge < -0.3 is 15.5 Å². The first kappa shape index (κ1) is 15.3. The fourth-order valence-corrected chi connectivity index (χ4v) is 1.83. The van der Waals surface area contributed by atoms with Crippen LogP contribution in [-0.2, 0) is 4.79 Å². The lowest BCUT2D eigenvalue weighted by Gasteiger charge is -2.21. The van der Waals surface area contributed by atoms with Crippen molar-refractivity contribution in [1.82, 2.24) is 5.32 Å². The van der Waals surface area contributed by atoms with Crippen molar-refractivity contribution in [3.63, 3.8) is 0 Å². The Morgan fingerprint density at radius 3 is 2.63 bits per heavy atom. The van der Waals surface area contributed by atoms with E-state index in [9.17, 15) is 4.79 Å². The Labute approximate surface area is 116 Å². The quantitative estimate of drug-likeness (QED) is 0.743. The van der Waals surface area contributed by atoms with Crippen LogP contribution in [0.25, 0.3) is 0 Å². The van der Waals surface area contributed by atoms with Gasteiger partial charge in [-0.25, -0.2) is 0 Å². The first-order valence-corrected chi connectivity index (χ1v) is 6.86. The molecule has 0 saturated carbocycles. The van der Waals surface area contributed by atoms with Gasteiger partial charge in [0.2, 0.25) is 5.91 Å². The molecule has 4 heteroatoms. The molecule has 1 aromatic carbocycles. The van der Waals surface area contributed by atoms with Gasteiger partial charge in [0, 0.05) is 20.6 Å². The second-order valence-corrected chi connectivity index (χ2v) is 4.92. The number of unbranched alkanes of at least 4 members (excludes halogenated alkanes) is 1. The van der Waals surface area contributed by atoms with Crippen molar-refractivity contribution in [2.75, 3.05) is 30.9 Å². The maximum Gasteiger partial charge on any atom is 0.242 e. The minimum absolute atomic E-state index is 0.0435. The van der Waals surface area contributed by atoms with Crippen LogP contribution in [0.4, 0.5) is 11.4 Å². The second kappa shape index (κ2) is 7.67. The van der Waals surface area contributed by atoms with Crippen LogP contribution in [0.15, 0.2) is 24.3 Å². The summed E-state index contributed by atoms with van der Waals surface area (Å²) in [5.41, 5.74) is 2.06. The van der Waals surface area contributed by atoms with E-state index in [2.05, 4.69) is 17.6 Å². The summed E-state index contributed by atoms with van der Waals surface area (Å²) in [4.78, 5) is 13.9. The van der Waals surface area contributed by atoms with Gasteiger partial charge in [0.1, 0.15) is 6.04 Å². The molecule has 0 radical (unpaired) electrons. The highest BCUT2D eigenvalue weighted by molar-refractivity contribution is 5.85. The van der Waals surface area contributed by atoms with Crippen molar-refractivity contribution in [3.8, 4) is 0 Å². The molecular weight excluding hydrogens is 238 g/mol. The molecule has 4 nitrogen and oxygen atoms in total. The summed E-state index contributed by atoms with van der Waals surface area (Å²) in [5, 5.41) is 6.20. The molecule has 1 rings (SSSR count). The Kier molecular flexibility index (Phi) is 6.19. The van der Waals surface area contributed by atoms with Gasteiger partial charge >= 0.3 is 0 Å². The number of benzene rings is 1. The summed E-state index contributed by atoms with van der Waals surface area (Å²) in [6.45, 7) is 4.74. The zero-order chi connectivity index (χ0) is 14.3. The van der Waals surface area contributed by atoms with E-state index in [1.54, 1.807) is 0 Å². The minimum Gasteiger partial charge on any atom is -0.376 e. The number of amides is 1. The molecule has 0 aliphatic heterocycles. The summed E-state index contributed by atoms with van der Waals surface area (Å²) < 4.78 is 0. The van der Waals surface area contributed by atoms with E-state index in [-0.39, 0.29) is 11.9 Å². The maximum atomic E-state index is 11.9. The van der Waals surface area contributed by atoms with Gasteiger partial charge in [-0.3, -0.25) is 4.79 Å². The SMILES string of the molecule is CCCCNC(=O)C(C)Nc1ccccc1N(C)C. The molecular formula is C15H25N3O. The zero-order valence-electron chi connectivity index (χ0n) is 12.4. The molecule has 0 heterocycles. The standard InChI is InChI=1S/C15H25N3O/c1-5-6-11-16-15(19)12(2)17-13-9-7-8-10-14(13)18(3)4/h7-10,12,17H,5-6,11H2,1-4H3,(H,16,19). The van der Waals surface area contributed by atoms with Crippen molar-refractivity contribution in [3.05, 3.63) is 24.3 Å². The highest BCUT2D eigenvalue weighted by Crippen LogP contribution is 2.23. The van der Waals surface area contributed by atoms with Gasteiger partial charge in [-0.05, 0) is 25.5 Å². The van der Waals surface area contributed by atoms with E-state index >= 15 is 0 Å². The molecule has 1 unspecified atom stereocenters. The molecule has 19 heavy (non-hydrogen) atoms. The fourth-order valence-electron chi connectivity index (χ4n) is 1.83. The average molecular weight is 263 g/mol. The number of carbonyl (C=O) groups is 1. The Morgan fingerprint density at radius 2 is 2.00 bits per heavy atom. The zero-order valence-corrected chi connectivity index (χ0v) is 12.4. The largest absolute Gasteiger partial charge is 0.376 e. The molecule has 1 amide bonds. The Bertz CT molecular complexity index is 404. The summed E-state index contributed by atoms with van der Waals surface area (Å²) >= 11 is 0. The summed E-state index contributed by atoms with van der Waals surface area (Å²) in [6, 6.07) is 7.75. The van der Waals surface area contributed by atoms with Crippen molar-refractivity contribution < 1.29 is 4.79 Å². The van der Waals surface area contributed by atoms with Gasteiger partial charge in [-0.1, -0.05) is 25.5 Å². The lowest BCUT2D eigenvalue weighted by molar-refractivity contribution is -0.121. The topological polar surface area (TPSA) is 44.4 Å². The lowest BCUT2D eigenvalue weighted by Crippen LogP contribution is -2.38. The molecule has 0 saturated heterocycles. The highest BCUT2D eigenvalue weighted by atomic mass is 16.2. The lowest BCUT2D eigenvalue weighted by atomic mass is 10.2. The minimum atomic E-state index is -0.238. The maximum absolute atomic E-state index is 11.9. The molecule has 0 fully saturated rings. The third-order valence-corrected chi connectivity index (χ3v) is 2.98. The van der Waals surface area contributed by atoms with E-state index in [1.165, 1.54) is 0 Å². The number of nitrogens with one attached hydrogen (secondary N) is 2. The van der Waals surface area contributed by atoms with Crippen molar-refractivity contribution in [2.24, 2.45) is 0 Å². The summed E-state index contributed by atoms with van der Waals surface area (Å²) in [6.07, 6.45) is 2.11. The first-order valence-electron chi connectivity index (χ1n) is 6.86. The van der Waals surface area contributed by atoms with Gasteiger partial charge in [-0.2, -0.15) is 0 Å². The molecule has 0 aliphatic carbocycles. The van der Waals surface area contributed by atoms with Crippen LogP contribution in [0.1, 0.15) is 26.7 Å². The molecule has 1 atom stereocenters. The predicted octanol–water partition coefficient (Wildman–Crippen LogP) is 2.47. The predicted molar refractivity (Wildman–Crippen MR) is 81.8 cm³/mol. The second-order valence-electron chi connectivity index (χ2n) is 4.92. The monoisotopic (exact) mass is 263 g/mol. The first-order chi connectivity index (χ1) is 9.06. The Morgan fingerprint density at radius 1 is 1.32 bits per heavy atom. The Hall–Kier alpha value is -1.71. The average Bonchev–Trinajstić information content (AvgIpc) is 2.39. The third-order valence-electron chi connectivity index (χ3n) is 2.98. The number of hydrogen-bond donors (Lipinski definition) is 2. The van der Waals surface area contributed by atoms with E-state index in [0.29, 0.717) is 0 Å². The normalized spacial score (nSPS) is 11.8. The Balaban J connectivity index is 2.61. The van der Waals surface area contributed by atoms with Crippen LogP contribution in [0, 0.1) is 0 Å². The number of para-hydroxylation sites is 2. The van der Waals surface area contributed by atoms with Crippen molar-refractivity contribution in [1.29, 1.82) is 0 Å². The highest BCUT2D eigenvalue weighted by Gasteiger charge is 2.13. The van der Waals surface area contributed by atoms with Gasteiger partial charge in [0.25, 0.3) is 0 Å². The van der Waals surface area contributed by atoms with Crippen LogP contribution in [-0.4, -0.2) is 32.6 Å². The smallest absolute Gasteiger partial charge is 0.242 e.